The number of fused-ring (bicyclic) bond motifs is 2. The molecule has 0 radical (unpaired) electrons. The van der Waals surface area contributed by atoms with E-state index >= 15 is 0 Å². The minimum absolute atomic E-state index is 0.00724. The highest BCUT2D eigenvalue weighted by atomic mass is 32.2. The summed E-state index contributed by atoms with van der Waals surface area (Å²) in [7, 11) is -2.76. The zero-order valence-electron chi connectivity index (χ0n) is 20.8. The fourth-order valence-corrected chi connectivity index (χ4v) is 6.43. The van der Waals surface area contributed by atoms with Gasteiger partial charge in [-0.05, 0) is 65.6 Å². The Hall–Kier alpha value is -4.05. The lowest BCUT2D eigenvalue weighted by Gasteiger charge is -2.28. The van der Waals surface area contributed by atoms with Crippen molar-refractivity contribution in [3.8, 4) is 22.6 Å². The summed E-state index contributed by atoms with van der Waals surface area (Å²) in [5, 5.41) is 1.21. The van der Waals surface area contributed by atoms with E-state index in [1.807, 2.05) is 0 Å². The van der Waals surface area contributed by atoms with Crippen LogP contribution in [0.15, 0.2) is 83.8 Å². The summed E-state index contributed by atoms with van der Waals surface area (Å²) >= 11 is 0. The normalized spacial score (nSPS) is 15.4. The first-order chi connectivity index (χ1) is 18.6. The predicted octanol–water partition coefficient (Wildman–Crippen LogP) is 6.34. The van der Waals surface area contributed by atoms with Crippen molar-refractivity contribution < 1.29 is 35.9 Å². The van der Waals surface area contributed by atoms with Gasteiger partial charge in [-0.2, -0.15) is 0 Å². The van der Waals surface area contributed by atoms with Crippen molar-refractivity contribution in [2.45, 2.75) is 36.4 Å². The minimum atomic E-state index is -4.84. The lowest BCUT2D eigenvalue weighted by atomic mass is 9.78. The van der Waals surface area contributed by atoms with Crippen LogP contribution in [0.25, 0.3) is 21.9 Å². The van der Waals surface area contributed by atoms with Gasteiger partial charge in [-0.25, -0.2) is 13.1 Å². The summed E-state index contributed by atoms with van der Waals surface area (Å²) in [5.74, 6) is -1.51. The summed E-state index contributed by atoms with van der Waals surface area (Å²) in [6.07, 6.45) is -3.36. The molecule has 1 atom stereocenters. The van der Waals surface area contributed by atoms with Crippen LogP contribution in [0.2, 0.25) is 0 Å². The van der Waals surface area contributed by atoms with Gasteiger partial charge in [0.15, 0.2) is 0 Å². The first kappa shape index (κ1) is 26.6. The number of methoxy groups -OCH3 is 1. The van der Waals surface area contributed by atoms with E-state index in [0.717, 1.165) is 5.39 Å². The van der Waals surface area contributed by atoms with Crippen LogP contribution in [0.5, 0.6) is 11.5 Å². The smallest absolute Gasteiger partial charge is 0.496 e. The van der Waals surface area contributed by atoms with Crippen molar-refractivity contribution in [3.05, 3.63) is 90.0 Å². The molecule has 0 aliphatic heterocycles. The molecule has 0 fully saturated rings. The third kappa shape index (κ3) is 5.42. The van der Waals surface area contributed by atoms with E-state index in [4.69, 9.17) is 4.74 Å². The van der Waals surface area contributed by atoms with E-state index in [-0.39, 0.29) is 10.6 Å². The molecule has 4 aromatic carbocycles. The standard InChI is InChI=1S/C29H24F3NO5S/c1-37-25-16-15-21(19-9-4-10-20(17-19)38-29(30,31)32)23-12-6-13-24(27(23)25)28(34)33-39(35,36)26-14-5-8-18-7-2-3-11-22(18)26/h2-5,7-11,14-17,24H,6,12-13H2,1H3,(H,33,34). The van der Waals surface area contributed by atoms with Gasteiger partial charge in [0, 0.05) is 10.9 Å². The second-order valence-electron chi connectivity index (χ2n) is 9.18. The number of nitrogens with one attached hydrogen (secondary N) is 1. The molecule has 0 aromatic heterocycles. The molecule has 202 valence electrons. The number of benzene rings is 4. The zero-order chi connectivity index (χ0) is 27.8. The van der Waals surface area contributed by atoms with Gasteiger partial charge in [-0.1, -0.05) is 54.6 Å². The molecule has 0 bridgehead atoms. The van der Waals surface area contributed by atoms with Crippen LogP contribution in [0, 0.1) is 0 Å². The van der Waals surface area contributed by atoms with Crippen LogP contribution in [-0.4, -0.2) is 27.8 Å². The molecule has 0 saturated heterocycles. The molecule has 0 heterocycles. The Bertz CT molecular complexity index is 1660. The van der Waals surface area contributed by atoms with Crippen molar-refractivity contribution in [3.63, 3.8) is 0 Å². The summed E-state index contributed by atoms with van der Waals surface area (Å²) in [6.45, 7) is 0. The molecule has 1 unspecified atom stereocenters. The third-order valence-corrected chi connectivity index (χ3v) is 8.18. The van der Waals surface area contributed by atoms with Crippen molar-refractivity contribution in [1.29, 1.82) is 0 Å². The van der Waals surface area contributed by atoms with Gasteiger partial charge >= 0.3 is 6.36 Å². The van der Waals surface area contributed by atoms with E-state index in [2.05, 4.69) is 9.46 Å². The van der Waals surface area contributed by atoms with Gasteiger partial charge in [0.05, 0.1) is 17.9 Å². The second kappa shape index (κ2) is 10.3. The second-order valence-corrected chi connectivity index (χ2v) is 10.8. The Morgan fingerprint density at radius 2 is 1.72 bits per heavy atom. The van der Waals surface area contributed by atoms with Gasteiger partial charge in [-0.3, -0.25) is 4.79 Å². The molecule has 10 heteroatoms. The zero-order valence-corrected chi connectivity index (χ0v) is 21.6. The number of rotatable bonds is 6. The lowest BCUT2D eigenvalue weighted by molar-refractivity contribution is -0.274. The average molecular weight is 556 g/mol. The van der Waals surface area contributed by atoms with Crippen LogP contribution in [0.4, 0.5) is 13.2 Å². The van der Waals surface area contributed by atoms with Gasteiger partial charge in [0.25, 0.3) is 10.0 Å². The number of carbonyl (C=O) groups excluding carboxylic acids is 1. The molecule has 1 aliphatic carbocycles. The molecule has 5 rings (SSSR count). The van der Waals surface area contributed by atoms with Gasteiger partial charge < -0.3 is 9.47 Å². The monoisotopic (exact) mass is 555 g/mol. The van der Waals surface area contributed by atoms with Gasteiger partial charge in [-0.15, -0.1) is 13.2 Å². The molecular weight excluding hydrogens is 531 g/mol. The Morgan fingerprint density at radius 1 is 0.974 bits per heavy atom. The minimum Gasteiger partial charge on any atom is -0.496 e. The lowest BCUT2D eigenvalue weighted by Crippen LogP contribution is -2.36. The Balaban J connectivity index is 1.52. The van der Waals surface area contributed by atoms with Crippen LogP contribution in [-0.2, 0) is 21.2 Å². The number of halogens is 3. The quantitative estimate of drug-likeness (QED) is 0.300. The highest BCUT2D eigenvalue weighted by molar-refractivity contribution is 7.90. The first-order valence-corrected chi connectivity index (χ1v) is 13.7. The van der Waals surface area contributed by atoms with E-state index < -0.39 is 28.2 Å². The molecule has 1 N–H and O–H groups in total. The summed E-state index contributed by atoms with van der Waals surface area (Å²) in [5.41, 5.74) is 2.33. The number of hydrogen-bond acceptors (Lipinski definition) is 5. The SMILES string of the molecule is COc1ccc(-c2cccc(OC(F)(F)F)c2)c2c1C(C(=O)NS(=O)(=O)c1cccc3ccccc13)CCC2. The number of ether oxygens (including phenoxy) is 2. The Kier molecular flexibility index (Phi) is 6.98. The third-order valence-electron chi connectivity index (χ3n) is 6.77. The van der Waals surface area contributed by atoms with Crippen molar-refractivity contribution in [2.24, 2.45) is 0 Å². The van der Waals surface area contributed by atoms with Crippen LogP contribution >= 0.6 is 0 Å². The maximum Gasteiger partial charge on any atom is 0.573 e. The maximum absolute atomic E-state index is 13.5. The highest BCUT2D eigenvalue weighted by Gasteiger charge is 2.35. The molecule has 0 saturated carbocycles. The maximum atomic E-state index is 13.5. The van der Waals surface area contributed by atoms with Crippen molar-refractivity contribution in [1.82, 2.24) is 4.72 Å². The summed E-state index contributed by atoms with van der Waals surface area (Å²) < 4.78 is 77.0. The predicted molar refractivity (Wildman–Crippen MR) is 140 cm³/mol. The number of hydrogen-bond donors (Lipinski definition) is 1. The molecule has 4 aromatic rings. The van der Waals surface area contributed by atoms with Crippen molar-refractivity contribution in [2.75, 3.05) is 7.11 Å². The van der Waals surface area contributed by atoms with E-state index in [9.17, 15) is 26.4 Å². The number of carbonyl (C=O) groups is 1. The van der Waals surface area contributed by atoms with Crippen LogP contribution < -0.4 is 14.2 Å². The summed E-state index contributed by atoms with van der Waals surface area (Å²) in [4.78, 5) is 13.5. The van der Waals surface area contributed by atoms with Crippen molar-refractivity contribution >= 4 is 26.7 Å². The molecule has 0 spiro atoms. The topological polar surface area (TPSA) is 81.7 Å². The largest absolute Gasteiger partial charge is 0.573 e. The fraction of sp³-hybridized carbons (Fsp3) is 0.207. The van der Waals surface area contributed by atoms with E-state index in [1.165, 1.54) is 31.4 Å². The Morgan fingerprint density at radius 3 is 2.49 bits per heavy atom. The summed E-state index contributed by atoms with van der Waals surface area (Å²) in [6, 6.07) is 20.8. The number of sulfonamides is 1. The van der Waals surface area contributed by atoms with Gasteiger partial charge in [0.1, 0.15) is 11.5 Å². The average Bonchev–Trinajstić information content (AvgIpc) is 2.90. The molecular formula is C29H24F3NO5S. The molecule has 6 nitrogen and oxygen atoms in total. The highest BCUT2D eigenvalue weighted by Crippen LogP contribution is 2.43. The van der Waals surface area contributed by atoms with Crippen LogP contribution in [0.1, 0.15) is 29.9 Å². The molecule has 1 aliphatic rings. The number of alkyl halides is 3. The van der Waals surface area contributed by atoms with E-state index in [0.29, 0.717) is 52.7 Å². The first-order valence-electron chi connectivity index (χ1n) is 12.2. The Labute approximate surface area is 223 Å². The fourth-order valence-electron chi connectivity index (χ4n) is 5.18. The molecule has 39 heavy (non-hydrogen) atoms. The van der Waals surface area contributed by atoms with Crippen LogP contribution in [0.3, 0.4) is 0 Å². The van der Waals surface area contributed by atoms with Gasteiger partial charge in [0.2, 0.25) is 5.91 Å². The molecule has 1 amide bonds. The van der Waals surface area contributed by atoms with E-state index in [1.54, 1.807) is 54.6 Å². The number of amides is 1.